The molecule has 1 aliphatic heterocycles. The smallest absolute Gasteiger partial charge is 0.311 e. The van der Waals surface area contributed by atoms with E-state index in [9.17, 15) is 9.59 Å². The normalized spacial score (nSPS) is 26.4. The molecule has 1 rings (SSSR count). The number of hydrogen-bond donors (Lipinski definition) is 2. The molecule has 0 aromatic carbocycles. The third-order valence-electron chi connectivity index (χ3n) is 2.97. The number of nitrogens with zero attached hydrogens (tertiary/aromatic N) is 1. The SMILES string of the molecule is CC[C@@H](N)C(=O)N(C)C1COCC1C(=O)O. The second-order valence-electron chi connectivity index (χ2n) is 4.01. The van der Waals surface area contributed by atoms with E-state index in [4.69, 9.17) is 15.6 Å². The predicted octanol–water partition coefficient (Wildman–Crippen LogP) is -0.718. The van der Waals surface area contributed by atoms with Gasteiger partial charge in [0.05, 0.1) is 25.3 Å². The summed E-state index contributed by atoms with van der Waals surface area (Å²) < 4.78 is 5.10. The van der Waals surface area contributed by atoms with Crippen LogP contribution >= 0.6 is 0 Å². The summed E-state index contributed by atoms with van der Waals surface area (Å²) in [5, 5.41) is 8.96. The number of carboxylic acids is 1. The topological polar surface area (TPSA) is 92.9 Å². The zero-order chi connectivity index (χ0) is 12.3. The van der Waals surface area contributed by atoms with Crippen LogP contribution in [0.4, 0.5) is 0 Å². The molecule has 0 bridgehead atoms. The Hall–Kier alpha value is -1.14. The van der Waals surface area contributed by atoms with E-state index in [0.29, 0.717) is 6.42 Å². The van der Waals surface area contributed by atoms with E-state index in [-0.39, 0.29) is 19.1 Å². The van der Waals surface area contributed by atoms with Gasteiger partial charge in [-0.2, -0.15) is 0 Å². The third-order valence-corrected chi connectivity index (χ3v) is 2.97. The first-order valence-corrected chi connectivity index (χ1v) is 5.31. The molecule has 0 saturated carbocycles. The third kappa shape index (κ3) is 2.51. The summed E-state index contributed by atoms with van der Waals surface area (Å²) >= 11 is 0. The predicted molar refractivity (Wildman–Crippen MR) is 56.8 cm³/mol. The molecule has 0 aliphatic carbocycles. The standard InChI is InChI=1S/C10H18N2O4/c1-3-7(11)9(13)12(2)8-5-16-4-6(8)10(14)15/h6-8H,3-5,11H2,1-2H3,(H,14,15)/t6?,7-,8?/m1/s1. The van der Waals surface area contributed by atoms with Crippen LogP contribution in [0.1, 0.15) is 13.3 Å². The van der Waals surface area contributed by atoms with Crippen molar-refractivity contribution in [2.24, 2.45) is 11.7 Å². The molecule has 6 heteroatoms. The number of carboxylic acid groups (broad SMARTS) is 1. The van der Waals surface area contributed by atoms with Gasteiger partial charge in [0.15, 0.2) is 0 Å². The number of likely N-dealkylation sites (N-methyl/N-ethyl adjacent to an activating group) is 1. The molecule has 0 radical (unpaired) electrons. The Morgan fingerprint density at radius 2 is 2.19 bits per heavy atom. The van der Waals surface area contributed by atoms with Crippen LogP contribution in [0.25, 0.3) is 0 Å². The van der Waals surface area contributed by atoms with Crippen molar-refractivity contribution in [3.8, 4) is 0 Å². The molecular formula is C10H18N2O4. The molecule has 92 valence electrons. The average Bonchev–Trinajstić information content (AvgIpc) is 2.74. The van der Waals surface area contributed by atoms with Crippen molar-refractivity contribution in [1.82, 2.24) is 4.90 Å². The number of ether oxygens (including phenoxy) is 1. The highest BCUT2D eigenvalue weighted by atomic mass is 16.5. The van der Waals surface area contributed by atoms with E-state index in [0.717, 1.165) is 0 Å². The van der Waals surface area contributed by atoms with Gasteiger partial charge in [0.25, 0.3) is 0 Å². The average molecular weight is 230 g/mol. The molecule has 1 aliphatic rings. The highest BCUT2D eigenvalue weighted by Gasteiger charge is 2.39. The van der Waals surface area contributed by atoms with Crippen LogP contribution in [-0.2, 0) is 14.3 Å². The van der Waals surface area contributed by atoms with Crippen LogP contribution < -0.4 is 5.73 Å². The molecule has 2 unspecified atom stereocenters. The number of hydrogen-bond acceptors (Lipinski definition) is 4. The van der Waals surface area contributed by atoms with E-state index < -0.39 is 24.0 Å². The lowest BCUT2D eigenvalue weighted by Crippen LogP contribution is -2.50. The monoisotopic (exact) mass is 230 g/mol. The zero-order valence-corrected chi connectivity index (χ0v) is 9.55. The Bertz CT molecular complexity index is 282. The first kappa shape index (κ1) is 12.9. The second kappa shape index (κ2) is 5.27. The number of amides is 1. The van der Waals surface area contributed by atoms with Gasteiger partial charge in [0.1, 0.15) is 5.92 Å². The summed E-state index contributed by atoms with van der Waals surface area (Å²) in [6, 6.07) is -0.984. The molecule has 0 aromatic heterocycles. The van der Waals surface area contributed by atoms with Crippen molar-refractivity contribution in [2.45, 2.75) is 25.4 Å². The van der Waals surface area contributed by atoms with Gasteiger partial charge in [0.2, 0.25) is 5.91 Å². The van der Waals surface area contributed by atoms with Crippen LogP contribution in [0.3, 0.4) is 0 Å². The van der Waals surface area contributed by atoms with Crippen molar-refractivity contribution < 1.29 is 19.4 Å². The molecule has 1 amide bonds. The second-order valence-corrected chi connectivity index (χ2v) is 4.01. The maximum absolute atomic E-state index is 11.8. The number of carbonyl (C=O) groups is 2. The maximum Gasteiger partial charge on any atom is 0.311 e. The molecule has 1 heterocycles. The number of aliphatic carboxylic acids is 1. The van der Waals surface area contributed by atoms with Gasteiger partial charge in [0, 0.05) is 7.05 Å². The largest absolute Gasteiger partial charge is 0.481 e. The molecule has 1 fully saturated rings. The fraction of sp³-hybridized carbons (Fsp3) is 0.800. The maximum atomic E-state index is 11.8. The first-order chi connectivity index (χ1) is 7.49. The first-order valence-electron chi connectivity index (χ1n) is 5.31. The Labute approximate surface area is 94.3 Å². The molecule has 3 N–H and O–H groups in total. The molecular weight excluding hydrogens is 212 g/mol. The minimum atomic E-state index is -0.938. The quantitative estimate of drug-likeness (QED) is 0.665. The summed E-state index contributed by atoms with van der Waals surface area (Å²) in [6.07, 6.45) is 0.536. The number of rotatable bonds is 4. The van der Waals surface area contributed by atoms with Crippen molar-refractivity contribution in [3.05, 3.63) is 0 Å². The number of carbonyl (C=O) groups excluding carboxylic acids is 1. The lowest BCUT2D eigenvalue weighted by Gasteiger charge is -2.28. The van der Waals surface area contributed by atoms with E-state index in [1.165, 1.54) is 4.90 Å². The van der Waals surface area contributed by atoms with Crippen LogP contribution in [0.5, 0.6) is 0 Å². The van der Waals surface area contributed by atoms with Gasteiger partial charge < -0.3 is 20.5 Å². The van der Waals surface area contributed by atoms with Gasteiger partial charge in [-0.05, 0) is 6.42 Å². The molecule has 16 heavy (non-hydrogen) atoms. The van der Waals surface area contributed by atoms with Gasteiger partial charge in [-0.15, -0.1) is 0 Å². The summed E-state index contributed by atoms with van der Waals surface area (Å²) in [5.74, 6) is -1.82. The summed E-state index contributed by atoms with van der Waals surface area (Å²) in [4.78, 5) is 24.1. The molecule has 3 atom stereocenters. The van der Waals surface area contributed by atoms with Gasteiger partial charge in [-0.25, -0.2) is 0 Å². The highest BCUT2D eigenvalue weighted by molar-refractivity contribution is 5.82. The fourth-order valence-electron chi connectivity index (χ4n) is 1.76. The molecule has 0 aromatic rings. The van der Waals surface area contributed by atoms with Crippen molar-refractivity contribution in [3.63, 3.8) is 0 Å². The summed E-state index contributed by atoms with van der Waals surface area (Å²) in [7, 11) is 1.58. The van der Waals surface area contributed by atoms with E-state index in [1.807, 2.05) is 6.92 Å². The fourth-order valence-corrected chi connectivity index (χ4v) is 1.76. The Morgan fingerprint density at radius 3 is 2.69 bits per heavy atom. The number of nitrogens with two attached hydrogens (primary N) is 1. The van der Waals surface area contributed by atoms with Crippen molar-refractivity contribution in [1.29, 1.82) is 0 Å². The van der Waals surface area contributed by atoms with E-state index >= 15 is 0 Å². The van der Waals surface area contributed by atoms with Crippen LogP contribution in [-0.4, -0.2) is 54.2 Å². The summed E-state index contributed by atoms with van der Waals surface area (Å²) in [6.45, 7) is 2.23. The molecule has 1 saturated heterocycles. The minimum Gasteiger partial charge on any atom is -0.481 e. The lowest BCUT2D eigenvalue weighted by molar-refractivity contribution is -0.144. The minimum absolute atomic E-state index is 0.152. The van der Waals surface area contributed by atoms with Crippen LogP contribution in [0.2, 0.25) is 0 Å². The lowest BCUT2D eigenvalue weighted by atomic mass is 10.0. The zero-order valence-electron chi connectivity index (χ0n) is 9.55. The van der Waals surface area contributed by atoms with Gasteiger partial charge in [-0.1, -0.05) is 6.92 Å². The molecule has 0 spiro atoms. The van der Waals surface area contributed by atoms with Crippen LogP contribution in [0, 0.1) is 5.92 Å². The summed E-state index contributed by atoms with van der Waals surface area (Å²) in [5.41, 5.74) is 5.63. The van der Waals surface area contributed by atoms with Gasteiger partial charge in [-0.3, -0.25) is 9.59 Å². The van der Waals surface area contributed by atoms with Crippen LogP contribution in [0.15, 0.2) is 0 Å². The van der Waals surface area contributed by atoms with E-state index in [1.54, 1.807) is 7.05 Å². The Balaban J connectivity index is 2.69. The Kier molecular flexibility index (Phi) is 4.26. The van der Waals surface area contributed by atoms with Crippen molar-refractivity contribution >= 4 is 11.9 Å². The molecule has 6 nitrogen and oxygen atoms in total. The Morgan fingerprint density at radius 1 is 1.56 bits per heavy atom. The van der Waals surface area contributed by atoms with E-state index in [2.05, 4.69) is 0 Å². The van der Waals surface area contributed by atoms with Gasteiger partial charge >= 0.3 is 5.97 Å². The van der Waals surface area contributed by atoms with Crippen molar-refractivity contribution in [2.75, 3.05) is 20.3 Å². The highest BCUT2D eigenvalue weighted by Crippen LogP contribution is 2.19.